The number of rotatable bonds is 10. The van der Waals surface area contributed by atoms with Crippen LogP contribution in [0.2, 0.25) is 0 Å². The van der Waals surface area contributed by atoms with Gasteiger partial charge in [0.05, 0.1) is 6.04 Å². The fourth-order valence-electron chi connectivity index (χ4n) is 1.82. The number of nitrogens with one attached hydrogen (secondary N) is 2. The van der Waals surface area contributed by atoms with Gasteiger partial charge in [0, 0.05) is 12.0 Å². The SMILES string of the molecule is CCC(C)(C)NC(=O)C(C)NCCC(C)(C)CCC(=O)O. The molecule has 21 heavy (non-hydrogen) atoms. The lowest BCUT2D eigenvalue weighted by atomic mass is 9.84. The van der Waals surface area contributed by atoms with E-state index in [-0.39, 0.29) is 29.3 Å². The number of carboxylic acid groups (broad SMARTS) is 1. The second-order valence-electron chi connectivity index (χ2n) is 7.21. The minimum absolute atomic E-state index is 0.00481. The van der Waals surface area contributed by atoms with Crippen molar-refractivity contribution < 1.29 is 14.7 Å². The van der Waals surface area contributed by atoms with Crippen LogP contribution in [0.25, 0.3) is 0 Å². The highest BCUT2D eigenvalue weighted by Gasteiger charge is 2.23. The summed E-state index contributed by atoms with van der Waals surface area (Å²) in [6.45, 7) is 12.7. The number of aliphatic carboxylic acids is 1. The van der Waals surface area contributed by atoms with Crippen molar-refractivity contribution in [2.75, 3.05) is 6.54 Å². The normalized spacial score (nSPS) is 13.8. The van der Waals surface area contributed by atoms with E-state index in [9.17, 15) is 9.59 Å². The van der Waals surface area contributed by atoms with Crippen LogP contribution in [0, 0.1) is 5.41 Å². The van der Waals surface area contributed by atoms with Crippen LogP contribution in [-0.4, -0.2) is 35.1 Å². The fourth-order valence-corrected chi connectivity index (χ4v) is 1.82. The van der Waals surface area contributed by atoms with E-state index in [4.69, 9.17) is 5.11 Å². The van der Waals surface area contributed by atoms with Crippen LogP contribution in [0.4, 0.5) is 0 Å². The van der Waals surface area contributed by atoms with E-state index in [1.54, 1.807) is 0 Å². The van der Waals surface area contributed by atoms with Crippen LogP contribution in [0.5, 0.6) is 0 Å². The molecule has 5 nitrogen and oxygen atoms in total. The predicted octanol–water partition coefficient (Wildman–Crippen LogP) is 2.55. The molecule has 3 N–H and O–H groups in total. The van der Waals surface area contributed by atoms with Crippen molar-refractivity contribution in [1.82, 2.24) is 10.6 Å². The second kappa shape index (κ2) is 8.37. The van der Waals surface area contributed by atoms with Crippen molar-refractivity contribution in [2.24, 2.45) is 5.41 Å². The largest absolute Gasteiger partial charge is 0.481 e. The quantitative estimate of drug-likeness (QED) is 0.579. The van der Waals surface area contributed by atoms with Crippen molar-refractivity contribution >= 4 is 11.9 Å². The van der Waals surface area contributed by atoms with E-state index < -0.39 is 5.97 Å². The number of carbonyl (C=O) groups is 2. The monoisotopic (exact) mass is 300 g/mol. The molecule has 1 unspecified atom stereocenters. The van der Waals surface area contributed by atoms with E-state index in [0.29, 0.717) is 13.0 Å². The predicted molar refractivity (Wildman–Crippen MR) is 85.2 cm³/mol. The minimum atomic E-state index is -0.759. The molecule has 0 aromatic carbocycles. The van der Waals surface area contributed by atoms with E-state index in [1.165, 1.54) is 0 Å². The van der Waals surface area contributed by atoms with E-state index in [1.807, 2.05) is 27.7 Å². The number of carbonyl (C=O) groups excluding carboxylic acids is 1. The Balaban J connectivity index is 4.10. The third kappa shape index (κ3) is 9.45. The molecule has 5 heteroatoms. The number of hydrogen-bond donors (Lipinski definition) is 3. The Hall–Kier alpha value is -1.10. The highest BCUT2D eigenvalue weighted by Crippen LogP contribution is 2.26. The lowest BCUT2D eigenvalue weighted by Gasteiger charge is -2.28. The van der Waals surface area contributed by atoms with Crippen LogP contribution in [-0.2, 0) is 9.59 Å². The Labute approximate surface area is 128 Å². The molecule has 0 fully saturated rings. The second-order valence-corrected chi connectivity index (χ2v) is 7.21. The van der Waals surface area contributed by atoms with Gasteiger partial charge in [-0.15, -0.1) is 0 Å². The number of carboxylic acids is 1. The number of hydrogen-bond acceptors (Lipinski definition) is 3. The molecular weight excluding hydrogens is 268 g/mol. The van der Waals surface area contributed by atoms with Gasteiger partial charge in [0.15, 0.2) is 0 Å². The van der Waals surface area contributed by atoms with Crippen LogP contribution in [0.3, 0.4) is 0 Å². The summed E-state index contributed by atoms with van der Waals surface area (Å²) in [4.78, 5) is 22.6. The zero-order chi connectivity index (χ0) is 16.7. The average molecular weight is 300 g/mol. The maximum Gasteiger partial charge on any atom is 0.303 e. The first kappa shape index (κ1) is 19.9. The van der Waals surface area contributed by atoms with Crippen LogP contribution in [0.1, 0.15) is 67.2 Å². The van der Waals surface area contributed by atoms with Gasteiger partial charge in [0.2, 0.25) is 5.91 Å². The van der Waals surface area contributed by atoms with Gasteiger partial charge in [-0.05, 0) is 52.0 Å². The summed E-state index contributed by atoms with van der Waals surface area (Å²) in [6.07, 6.45) is 2.56. The molecule has 0 aliphatic heterocycles. The smallest absolute Gasteiger partial charge is 0.303 e. The van der Waals surface area contributed by atoms with Crippen molar-refractivity contribution in [3.8, 4) is 0 Å². The van der Waals surface area contributed by atoms with E-state index in [2.05, 4.69) is 24.5 Å². The molecular formula is C16H32N2O3. The molecule has 0 aromatic rings. The molecule has 0 saturated carbocycles. The Morgan fingerprint density at radius 2 is 1.71 bits per heavy atom. The maximum absolute atomic E-state index is 12.0. The third-order valence-electron chi connectivity index (χ3n) is 4.01. The van der Waals surface area contributed by atoms with E-state index in [0.717, 1.165) is 12.8 Å². The molecule has 0 aliphatic carbocycles. The zero-order valence-electron chi connectivity index (χ0n) is 14.4. The molecule has 0 rings (SSSR count). The first-order valence-corrected chi connectivity index (χ1v) is 7.76. The Bertz CT molecular complexity index is 351. The van der Waals surface area contributed by atoms with Gasteiger partial charge < -0.3 is 15.7 Å². The van der Waals surface area contributed by atoms with Gasteiger partial charge in [0.1, 0.15) is 0 Å². The lowest BCUT2D eigenvalue weighted by Crippen LogP contribution is -2.51. The number of amides is 1. The first-order valence-electron chi connectivity index (χ1n) is 7.76. The summed E-state index contributed by atoms with van der Waals surface area (Å²) in [7, 11) is 0. The van der Waals surface area contributed by atoms with Gasteiger partial charge >= 0.3 is 5.97 Å². The zero-order valence-corrected chi connectivity index (χ0v) is 14.4. The van der Waals surface area contributed by atoms with Gasteiger partial charge in [-0.25, -0.2) is 0 Å². The minimum Gasteiger partial charge on any atom is -0.481 e. The van der Waals surface area contributed by atoms with Gasteiger partial charge in [-0.1, -0.05) is 20.8 Å². The summed E-state index contributed by atoms with van der Waals surface area (Å²) < 4.78 is 0. The summed E-state index contributed by atoms with van der Waals surface area (Å²) in [6, 6.07) is -0.244. The van der Waals surface area contributed by atoms with Crippen LogP contribution >= 0.6 is 0 Å². The molecule has 0 heterocycles. The summed E-state index contributed by atoms with van der Waals surface area (Å²) in [5, 5.41) is 15.0. The molecule has 0 bridgehead atoms. The van der Waals surface area contributed by atoms with Crippen LogP contribution < -0.4 is 10.6 Å². The molecule has 1 atom stereocenters. The molecule has 0 aliphatic rings. The first-order chi connectivity index (χ1) is 9.49. The average Bonchev–Trinajstić information content (AvgIpc) is 2.35. The topological polar surface area (TPSA) is 78.4 Å². The third-order valence-corrected chi connectivity index (χ3v) is 4.01. The molecule has 0 saturated heterocycles. The molecule has 0 radical (unpaired) electrons. The summed E-state index contributed by atoms with van der Waals surface area (Å²) >= 11 is 0. The van der Waals surface area contributed by atoms with Gasteiger partial charge in [-0.3, -0.25) is 9.59 Å². The molecule has 124 valence electrons. The highest BCUT2D eigenvalue weighted by atomic mass is 16.4. The fraction of sp³-hybridized carbons (Fsp3) is 0.875. The van der Waals surface area contributed by atoms with E-state index >= 15 is 0 Å². The van der Waals surface area contributed by atoms with Crippen molar-refractivity contribution in [3.05, 3.63) is 0 Å². The molecule has 0 spiro atoms. The van der Waals surface area contributed by atoms with Crippen molar-refractivity contribution in [1.29, 1.82) is 0 Å². The molecule has 1 amide bonds. The highest BCUT2D eigenvalue weighted by molar-refractivity contribution is 5.81. The lowest BCUT2D eigenvalue weighted by molar-refractivity contribution is -0.137. The Kier molecular flexibility index (Phi) is 7.93. The Morgan fingerprint density at radius 1 is 1.14 bits per heavy atom. The maximum atomic E-state index is 12.0. The Morgan fingerprint density at radius 3 is 2.19 bits per heavy atom. The van der Waals surface area contributed by atoms with Gasteiger partial charge in [-0.2, -0.15) is 0 Å². The van der Waals surface area contributed by atoms with Crippen molar-refractivity contribution in [3.63, 3.8) is 0 Å². The van der Waals surface area contributed by atoms with Crippen LogP contribution in [0.15, 0.2) is 0 Å². The summed E-state index contributed by atoms with van der Waals surface area (Å²) in [5.41, 5.74) is -0.224. The molecule has 0 aromatic heterocycles. The van der Waals surface area contributed by atoms with Gasteiger partial charge in [0.25, 0.3) is 0 Å². The standard InChI is InChI=1S/C16H32N2O3/c1-7-16(5,6)18-14(21)12(2)17-11-10-15(3,4)9-8-13(19)20/h12,17H,7-11H2,1-6H3,(H,18,21)(H,19,20). The summed E-state index contributed by atoms with van der Waals surface area (Å²) in [5.74, 6) is -0.754. The van der Waals surface area contributed by atoms with Crippen molar-refractivity contribution in [2.45, 2.75) is 78.8 Å².